The van der Waals surface area contributed by atoms with Crippen LogP contribution in [-0.2, 0) is 9.47 Å². The maximum Gasteiger partial charge on any atom is 0.136 e. The van der Waals surface area contributed by atoms with Gasteiger partial charge in [0.15, 0.2) is 0 Å². The Morgan fingerprint density at radius 2 is 1.86 bits per heavy atom. The Kier molecular flexibility index (Phi) is 6.43. The largest absolute Gasteiger partial charge is 0.360 e. The lowest BCUT2D eigenvalue weighted by Gasteiger charge is -2.15. The highest BCUT2D eigenvalue weighted by molar-refractivity contribution is 6.36. The van der Waals surface area contributed by atoms with Crippen LogP contribution in [0.2, 0.25) is 6.04 Å². The zero-order chi connectivity index (χ0) is 10.2. The molecule has 1 rings (SSSR count). The number of hydrogen-bond donors (Lipinski definition) is 0. The first-order chi connectivity index (χ1) is 6.86. The third kappa shape index (κ3) is 4.55. The number of nitrogens with zero attached hydrogens (tertiary/aromatic N) is 1. The van der Waals surface area contributed by atoms with Crippen molar-refractivity contribution in [3.63, 3.8) is 0 Å². The van der Waals surface area contributed by atoms with E-state index < -0.39 is 0 Å². The molecule has 1 saturated heterocycles. The van der Waals surface area contributed by atoms with E-state index in [0.717, 1.165) is 9.52 Å². The summed E-state index contributed by atoms with van der Waals surface area (Å²) in [6, 6.07) is 1.23. The minimum absolute atomic E-state index is 0.0218. The molecule has 0 bridgehead atoms. The van der Waals surface area contributed by atoms with Crippen LogP contribution in [0.4, 0.5) is 0 Å². The molecule has 0 aliphatic carbocycles. The fourth-order valence-corrected chi connectivity index (χ4v) is 2.72. The van der Waals surface area contributed by atoms with Crippen LogP contribution in [0.3, 0.4) is 0 Å². The van der Waals surface area contributed by atoms with Crippen molar-refractivity contribution >= 4 is 9.52 Å². The smallest absolute Gasteiger partial charge is 0.136 e. The molecule has 14 heavy (non-hydrogen) atoms. The summed E-state index contributed by atoms with van der Waals surface area (Å²) in [5.41, 5.74) is 0. The highest BCUT2D eigenvalue weighted by Crippen LogP contribution is 2.08. The van der Waals surface area contributed by atoms with Gasteiger partial charge in [0.1, 0.15) is 15.4 Å². The number of likely N-dealkylation sites (tertiary alicyclic amines) is 1. The van der Waals surface area contributed by atoms with Crippen LogP contribution in [0.1, 0.15) is 19.3 Å². The second-order valence-electron chi connectivity index (χ2n) is 3.66. The van der Waals surface area contributed by atoms with E-state index in [9.17, 15) is 0 Å². The maximum absolute atomic E-state index is 5.15. The lowest BCUT2D eigenvalue weighted by atomic mass is 10.4. The zero-order valence-corrected chi connectivity index (χ0v) is 10.3. The molecule has 0 spiro atoms. The second-order valence-corrected chi connectivity index (χ2v) is 5.04. The van der Waals surface area contributed by atoms with Gasteiger partial charge in [-0.2, -0.15) is 0 Å². The molecular weight excluding hydrogens is 194 g/mol. The highest BCUT2D eigenvalue weighted by atomic mass is 28.2. The second kappa shape index (κ2) is 7.40. The van der Waals surface area contributed by atoms with E-state index in [1.807, 2.05) is 0 Å². The molecule has 4 heteroatoms. The van der Waals surface area contributed by atoms with Gasteiger partial charge in [0.2, 0.25) is 0 Å². The summed E-state index contributed by atoms with van der Waals surface area (Å²) in [5, 5.41) is 0. The summed E-state index contributed by atoms with van der Waals surface area (Å²) in [5.74, 6) is 0.0218. The summed E-state index contributed by atoms with van der Waals surface area (Å²) in [6.45, 7) is 3.87. The Balaban J connectivity index is 1.92. The molecule has 0 atom stereocenters. The Morgan fingerprint density at radius 1 is 1.21 bits per heavy atom. The first kappa shape index (κ1) is 12.2. The van der Waals surface area contributed by atoms with Crippen LogP contribution in [0.15, 0.2) is 0 Å². The van der Waals surface area contributed by atoms with E-state index in [0.29, 0.717) is 0 Å². The third-order valence-electron chi connectivity index (χ3n) is 2.59. The highest BCUT2D eigenvalue weighted by Gasteiger charge is 2.11. The van der Waals surface area contributed by atoms with Crippen molar-refractivity contribution < 1.29 is 9.47 Å². The molecule has 1 heterocycles. The normalized spacial score (nSPS) is 18.2. The first-order valence-electron chi connectivity index (χ1n) is 5.38. The summed E-state index contributed by atoms with van der Waals surface area (Å²) in [4.78, 5) is 2.55. The van der Waals surface area contributed by atoms with E-state index >= 15 is 0 Å². The van der Waals surface area contributed by atoms with Crippen molar-refractivity contribution in [1.82, 2.24) is 4.90 Å². The molecule has 0 aromatic heterocycles. The monoisotopic (exact) mass is 215 g/mol. The zero-order valence-electron chi connectivity index (χ0n) is 9.29. The molecule has 0 aromatic rings. The van der Waals surface area contributed by atoms with Crippen molar-refractivity contribution in [2.45, 2.75) is 31.2 Å². The van der Waals surface area contributed by atoms with Gasteiger partial charge in [-0.15, -0.1) is 0 Å². The Hall–Kier alpha value is 0.0969. The third-order valence-corrected chi connectivity index (χ3v) is 4.04. The molecular formula is C10H21NO2Si. The van der Waals surface area contributed by atoms with E-state index in [-0.39, 0.29) is 5.91 Å². The number of rotatable bonds is 7. The van der Waals surface area contributed by atoms with Gasteiger partial charge < -0.3 is 14.4 Å². The molecule has 1 aliphatic heterocycles. The first-order valence-corrected chi connectivity index (χ1v) is 6.66. The van der Waals surface area contributed by atoms with Crippen LogP contribution in [-0.4, -0.2) is 54.2 Å². The molecule has 3 nitrogen and oxygen atoms in total. The van der Waals surface area contributed by atoms with Gasteiger partial charge in [-0.3, -0.25) is 0 Å². The number of methoxy groups -OCH3 is 2. The van der Waals surface area contributed by atoms with Crippen LogP contribution in [0.25, 0.3) is 0 Å². The van der Waals surface area contributed by atoms with Crippen LogP contribution in [0.5, 0.6) is 0 Å². The Bertz CT molecular complexity index is 132. The lowest BCUT2D eigenvalue weighted by molar-refractivity contribution is -0.0441. The van der Waals surface area contributed by atoms with Crippen molar-refractivity contribution in [3.05, 3.63) is 0 Å². The van der Waals surface area contributed by atoms with Gasteiger partial charge in [-0.05, 0) is 38.9 Å². The molecule has 0 aromatic carbocycles. The minimum atomic E-state index is 0.0218. The minimum Gasteiger partial charge on any atom is -0.360 e. The SMILES string of the molecule is COC(OC)[Si]CCCN1CCCC1. The molecule has 0 N–H and O–H groups in total. The van der Waals surface area contributed by atoms with Crippen molar-refractivity contribution in [1.29, 1.82) is 0 Å². The molecule has 0 unspecified atom stereocenters. The van der Waals surface area contributed by atoms with Crippen LogP contribution in [0, 0.1) is 0 Å². The van der Waals surface area contributed by atoms with E-state index in [4.69, 9.17) is 9.47 Å². The maximum atomic E-state index is 5.15. The quantitative estimate of drug-likeness (QED) is 0.361. The molecule has 1 fully saturated rings. The molecule has 82 valence electrons. The van der Waals surface area contributed by atoms with Gasteiger partial charge in [-0.25, -0.2) is 0 Å². The van der Waals surface area contributed by atoms with Gasteiger partial charge >= 0.3 is 0 Å². The van der Waals surface area contributed by atoms with Crippen molar-refractivity contribution in [2.75, 3.05) is 33.9 Å². The summed E-state index contributed by atoms with van der Waals surface area (Å²) < 4.78 is 10.3. The van der Waals surface area contributed by atoms with Gasteiger partial charge in [0, 0.05) is 14.2 Å². The average Bonchev–Trinajstić information content (AvgIpc) is 2.71. The lowest BCUT2D eigenvalue weighted by Crippen LogP contribution is -2.24. The molecule has 1 aliphatic rings. The predicted octanol–water partition coefficient (Wildman–Crippen LogP) is 1.17. The van der Waals surface area contributed by atoms with E-state index in [1.165, 1.54) is 44.9 Å². The summed E-state index contributed by atoms with van der Waals surface area (Å²) in [6.07, 6.45) is 4.06. The van der Waals surface area contributed by atoms with E-state index in [1.54, 1.807) is 14.2 Å². The van der Waals surface area contributed by atoms with Crippen LogP contribution < -0.4 is 0 Å². The van der Waals surface area contributed by atoms with Crippen molar-refractivity contribution in [2.24, 2.45) is 0 Å². The fraction of sp³-hybridized carbons (Fsp3) is 1.00. The predicted molar refractivity (Wildman–Crippen MR) is 58.7 cm³/mol. The number of ether oxygens (including phenoxy) is 2. The van der Waals surface area contributed by atoms with Crippen LogP contribution >= 0.6 is 0 Å². The topological polar surface area (TPSA) is 21.7 Å². The standard InChI is InChI=1S/C10H21NO2Si/c1-12-10(13-2)14-9-5-8-11-6-3-4-7-11/h10H,3-9H2,1-2H3. The Labute approximate surface area is 89.6 Å². The average molecular weight is 215 g/mol. The summed E-state index contributed by atoms with van der Waals surface area (Å²) in [7, 11) is 4.19. The van der Waals surface area contributed by atoms with Gasteiger partial charge in [-0.1, -0.05) is 6.04 Å². The number of hydrogen-bond acceptors (Lipinski definition) is 3. The van der Waals surface area contributed by atoms with Gasteiger partial charge in [0.05, 0.1) is 0 Å². The Morgan fingerprint density at radius 3 is 2.43 bits per heavy atom. The molecule has 0 amide bonds. The van der Waals surface area contributed by atoms with Crippen molar-refractivity contribution in [3.8, 4) is 0 Å². The van der Waals surface area contributed by atoms with E-state index in [2.05, 4.69) is 4.90 Å². The van der Waals surface area contributed by atoms with Gasteiger partial charge in [0.25, 0.3) is 0 Å². The molecule has 2 radical (unpaired) electrons. The summed E-state index contributed by atoms with van der Waals surface area (Å²) >= 11 is 0. The fourth-order valence-electron chi connectivity index (χ4n) is 1.79. The molecule has 0 saturated carbocycles.